The van der Waals surface area contributed by atoms with Gasteiger partial charge in [0.15, 0.2) is 11.5 Å². The number of para-hydroxylation sites is 2. The Morgan fingerprint density at radius 2 is 1.41 bits per heavy atom. The average molecular weight is 357 g/mol. The van der Waals surface area contributed by atoms with Crippen LogP contribution in [0.15, 0.2) is 72.8 Å². The van der Waals surface area contributed by atoms with Gasteiger partial charge in [-0.2, -0.15) is 0 Å². The molecule has 0 unspecified atom stereocenters. The lowest BCUT2D eigenvalue weighted by molar-refractivity contribution is 0.0979. The second-order valence-corrected chi connectivity index (χ2v) is 6.16. The summed E-state index contributed by atoms with van der Waals surface area (Å²) in [6.45, 7) is 0. The highest BCUT2D eigenvalue weighted by Gasteiger charge is 2.13. The van der Waals surface area contributed by atoms with Gasteiger partial charge in [-0.1, -0.05) is 42.5 Å². The molecule has 4 heteroatoms. The smallest absolute Gasteiger partial charge is 0.255 e. The molecule has 4 nitrogen and oxygen atoms in total. The van der Waals surface area contributed by atoms with Crippen LogP contribution in [0.1, 0.15) is 10.4 Å². The number of fused-ring (bicyclic) bond motifs is 3. The first-order valence-electron chi connectivity index (χ1n) is 8.65. The summed E-state index contributed by atoms with van der Waals surface area (Å²) in [5.41, 5.74) is 2.67. The highest BCUT2D eigenvalue weighted by Crippen LogP contribution is 2.30. The van der Waals surface area contributed by atoms with Crippen molar-refractivity contribution in [3.05, 3.63) is 78.4 Å². The molecule has 0 amide bonds. The topological polar surface area (TPSA) is 40.5 Å². The molecule has 134 valence electrons. The lowest BCUT2D eigenvalue weighted by Gasteiger charge is -2.07. The van der Waals surface area contributed by atoms with Gasteiger partial charge in [-0.25, -0.2) is 0 Å². The minimum Gasteiger partial charge on any atom is -0.493 e. The van der Waals surface area contributed by atoms with Crippen molar-refractivity contribution in [1.29, 1.82) is 0 Å². The molecule has 3 aromatic carbocycles. The zero-order chi connectivity index (χ0) is 18.8. The molecule has 4 aromatic rings. The molecule has 0 aliphatic heterocycles. The number of nitrogens with zero attached hydrogens (tertiary/aromatic N) is 1. The fourth-order valence-corrected chi connectivity index (χ4v) is 3.36. The summed E-state index contributed by atoms with van der Waals surface area (Å²) in [4.78, 5) is 13.0. The van der Waals surface area contributed by atoms with E-state index in [1.807, 2.05) is 66.7 Å². The molecule has 0 aliphatic carbocycles. The third-order valence-corrected chi connectivity index (χ3v) is 4.63. The molecule has 1 heterocycles. The van der Waals surface area contributed by atoms with E-state index in [0.717, 1.165) is 27.4 Å². The summed E-state index contributed by atoms with van der Waals surface area (Å²) in [5, 5.41) is 2.14. The number of hydrogen-bond acceptors (Lipinski definition) is 3. The SMILES string of the molecule is COc1ccc(/C=C/C(=O)n2c3ccccc3c3ccccc32)cc1OC. The molecule has 0 fully saturated rings. The zero-order valence-corrected chi connectivity index (χ0v) is 15.2. The van der Waals surface area contributed by atoms with Crippen LogP contribution < -0.4 is 9.47 Å². The van der Waals surface area contributed by atoms with Crippen molar-refractivity contribution in [1.82, 2.24) is 4.57 Å². The van der Waals surface area contributed by atoms with E-state index in [-0.39, 0.29) is 5.91 Å². The molecule has 0 bridgehead atoms. The van der Waals surface area contributed by atoms with Crippen LogP contribution in [0.3, 0.4) is 0 Å². The molecule has 0 saturated carbocycles. The first kappa shape index (κ1) is 16.9. The Balaban J connectivity index is 1.76. The average Bonchev–Trinajstić information content (AvgIpc) is 3.06. The zero-order valence-electron chi connectivity index (χ0n) is 15.2. The van der Waals surface area contributed by atoms with Gasteiger partial charge in [-0.15, -0.1) is 0 Å². The van der Waals surface area contributed by atoms with Gasteiger partial charge < -0.3 is 9.47 Å². The largest absolute Gasteiger partial charge is 0.493 e. The molecule has 4 rings (SSSR count). The summed E-state index contributed by atoms with van der Waals surface area (Å²) in [6.07, 6.45) is 3.37. The van der Waals surface area contributed by atoms with E-state index in [0.29, 0.717) is 11.5 Å². The van der Waals surface area contributed by atoms with Crippen LogP contribution in [-0.4, -0.2) is 24.7 Å². The Morgan fingerprint density at radius 1 is 0.815 bits per heavy atom. The monoisotopic (exact) mass is 357 g/mol. The van der Waals surface area contributed by atoms with Gasteiger partial charge in [0.25, 0.3) is 5.91 Å². The Hall–Kier alpha value is -3.53. The number of methoxy groups -OCH3 is 2. The van der Waals surface area contributed by atoms with E-state index < -0.39 is 0 Å². The fourth-order valence-electron chi connectivity index (χ4n) is 3.36. The predicted octanol–water partition coefficient (Wildman–Crippen LogP) is 5.17. The molecule has 0 radical (unpaired) electrons. The summed E-state index contributed by atoms with van der Waals surface area (Å²) >= 11 is 0. The summed E-state index contributed by atoms with van der Waals surface area (Å²) in [5.74, 6) is 1.19. The molecular formula is C23H19NO3. The third-order valence-electron chi connectivity index (χ3n) is 4.63. The maximum atomic E-state index is 13.0. The minimum absolute atomic E-state index is 0.0952. The van der Waals surface area contributed by atoms with E-state index in [1.54, 1.807) is 30.9 Å². The van der Waals surface area contributed by atoms with Crippen molar-refractivity contribution in [3.8, 4) is 11.5 Å². The third kappa shape index (κ3) is 2.95. The van der Waals surface area contributed by atoms with Crippen LogP contribution in [0.5, 0.6) is 11.5 Å². The lowest BCUT2D eigenvalue weighted by Crippen LogP contribution is -2.06. The van der Waals surface area contributed by atoms with Crippen LogP contribution in [0, 0.1) is 0 Å². The molecule has 0 atom stereocenters. The van der Waals surface area contributed by atoms with E-state index in [4.69, 9.17) is 9.47 Å². The molecule has 0 saturated heterocycles. The quantitative estimate of drug-likeness (QED) is 0.473. The standard InChI is InChI=1S/C23H19NO3/c1-26-21-13-11-16(15-22(21)27-2)12-14-23(25)24-19-9-5-3-7-17(19)18-8-4-6-10-20(18)24/h3-15H,1-2H3/b14-12+. The number of allylic oxidation sites excluding steroid dienone is 1. The second-order valence-electron chi connectivity index (χ2n) is 6.16. The Morgan fingerprint density at radius 3 is 2.00 bits per heavy atom. The molecule has 0 N–H and O–H groups in total. The Labute approximate surface area is 157 Å². The van der Waals surface area contributed by atoms with Crippen LogP contribution >= 0.6 is 0 Å². The number of ether oxygens (including phenoxy) is 2. The van der Waals surface area contributed by atoms with E-state index in [1.165, 1.54) is 0 Å². The second kappa shape index (κ2) is 7.00. The van der Waals surface area contributed by atoms with Gasteiger partial charge in [0, 0.05) is 16.8 Å². The predicted molar refractivity (Wildman–Crippen MR) is 109 cm³/mol. The van der Waals surface area contributed by atoms with Gasteiger partial charge in [-0.05, 0) is 35.9 Å². The number of aromatic nitrogens is 1. The number of rotatable bonds is 4. The van der Waals surface area contributed by atoms with Gasteiger partial charge in [0.2, 0.25) is 0 Å². The minimum atomic E-state index is -0.0952. The van der Waals surface area contributed by atoms with Crippen molar-refractivity contribution in [2.45, 2.75) is 0 Å². The molecule has 1 aromatic heterocycles. The molecule has 0 aliphatic rings. The van der Waals surface area contributed by atoms with Crippen LogP contribution in [0.25, 0.3) is 27.9 Å². The first-order chi connectivity index (χ1) is 13.2. The van der Waals surface area contributed by atoms with Gasteiger partial charge in [0.1, 0.15) is 0 Å². The Bertz CT molecular complexity index is 1120. The number of carbonyl (C=O) groups is 1. The first-order valence-corrected chi connectivity index (χ1v) is 8.65. The summed E-state index contributed by atoms with van der Waals surface area (Å²) < 4.78 is 12.3. The van der Waals surface area contributed by atoms with Crippen molar-refractivity contribution in [2.75, 3.05) is 14.2 Å². The van der Waals surface area contributed by atoms with Crippen molar-refractivity contribution in [2.24, 2.45) is 0 Å². The maximum absolute atomic E-state index is 13.0. The van der Waals surface area contributed by atoms with E-state index in [9.17, 15) is 4.79 Å². The molecule has 27 heavy (non-hydrogen) atoms. The highest BCUT2D eigenvalue weighted by atomic mass is 16.5. The number of hydrogen-bond donors (Lipinski definition) is 0. The van der Waals surface area contributed by atoms with Gasteiger partial charge in [-0.3, -0.25) is 9.36 Å². The van der Waals surface area contributed by atoms with Crippen LogP contribution in [0.4, 0.5) is 0 Å². The number of benzene rings is 3. The van der Waals surface area contributed by atoms with E-state index in [2.05, 4.69) is 0 Å². The molecule has 0 spiro atoms. The maximum Gasteiger partial charge on any atom is 0.255 e. The fraction of sp³-hybridized carbons (Fsp3) is 0.0870. The van der Waals surface area contributed by atoms with E-state index >= 15 is 0 Å². The van der Waals surface area contributed by atoms with Gasteiger partial charge >= 0.3 is 0 Å². The highest BCUT2D eigenvalue weighted by molar-refractivity contribution is 6.15. The Kier molecular flexibility index (Phi) is 4.38. The summed E-state index contributed by atoms with van der Waals surface area (Å²) in [6, 6.07) is 21.4. The summed E-state index contributed by atoms with van der Waals surface area (Å²) in [7, 11) is 3.19. The van der Waals surface area contributed by atoms with Crippen molar-refractivity contribution >= 4 is 33.8 Å². The van der Waals surface area contributed by atoms with Crippen molar-refractivity contribution < 1.29 is 14.3 Å². The van der Waals surface area contributed by atoms with Crippen LogP contribution in [-0.2, 0) is 0 Å². The number of carbonyl (C=O) groups excluding carboxylic acids is 1. The van der Waals surface area contributed by atoms with Gasteiger partial charge in [0.05, 0.1) is 25.3 Å². The van der Waals surface area contributed by atoms with Crippen molar-refractivity contribution in [3.63, 3.8) is 0 Å². The van der Waals surface area contributed by atoms with Crippen LogP contribution in [0.2, 0.25) is 0 Å². The molecular weight excluding hydrogens is 338 g/mol. The lowest BCUT2D eigenvalue weighted by atomic mass is 10.2. The normalized spacial score (nSPS) is 11.3.